The minimum Gasteiger partial charge on any atom is -0.491 e. The maximum Gasteiger partial charge on any atom is 0.247 e. The summed E-state index contributed by atoms with van der Waals surface area (Å²) in [5, 5.41) is 9.77. The van der Waals surface area contributed by atoms with Gasteiger partial charge in [-0.1, -0.05) is 13.8 Å². The van der Waals surface area contributed by atoms with Crippen molar-refractivity contribution in [1.82, 2.24) is 34.3 Å². The molecule has 13 nitrogen and oxygen atoms in total. The Morgan fingerprint density at radius 3 is 2.52 bits per heavy atom. The zero-order valence-corrected chi connectivity index (χ0v) is 24.0. The van der Waals surface area contributed by atoms with E-state index in [9.17, 15) is 4.79 Å². The number of furan rings is 1. The monoisotopic (exact) mass is 573 g/mol. The lowest BCUT2D eigenvalue weighted by Crippen LogP contribution is -2.51. The third-order valence-electron chi connectivity index (χ3n) is 7.42. The van der Waals surface area contributed by atoms with Gasteiger partial charge in [0.1, 0.15) is 18.4 Å². The van der Waals surface area contributed by atoms with Gasteiger partial charge >= 0.3 is 0 Å². The second-order valence-electron chi connectivity index (χ2n) is 10.7. The summed E-state index contributed by atoms with van der Waals surface area (Å²) in [4.78, 5) is 27.5. The molecule has 42 heavy (non-hydrogen) atoms. The van der Waals surface area contributed by atoms with Crippen LogP contribution in [0.3, 0.4) is 0 Å². The Kier molecular flexibility index (Phi) is 7.66. The van der Waals surface area contributed by atoms with E-state index in [0.29, 0.717) is 61.0 Å². The number of piperazine rings is 1. The highest BCUT2D eigenvalue weighted by Gasteiger charge is 2.32. The normalized spacial score (nSPS) is 14.8. The lowest BCUT2D eigenvalue weighted by atomic mass is 10.0. The van der Waals surface area contributed by atoms with Crippen LogP contribution in [0.25, 0.3) is 28.3 Å². The predicted molar refractivity (Wildman–Crippen MR) is 157 cm³/mol. The standard InChI is InChI=1S/C29H35N9O4/c1-19(2)17-23(28(39)36-12-10-35(11-13-36)20-6-8-21(9-7-20)41-16-15-40-3)37-27-22(18-31-37)26-32-25(24-5-4-14-42-24)34-38(26)29(30)33-27/h4-9,14,18-19,23H,10-13,15-17H2,1-3H3,(H2,30,33)/t23-/m0/s1. The zero-order chi connectivity index (χ0) is 29.2. The molecule has 1 aromatic carbocycles. The molecule has 0 bridgehead atoms. The lowest BCUT2D eigenvalue weighted by Gasteiger charge is -2.38. The largest absolute Gasteiger partial charge is 0.491 e. The van der Waals surface area contributed by atoms with Crippen molar-refractivity contribution in [2.24, 2.45) is 5.92 Å². The summed E-state index contributed by atoms with van der Waals surface area (Å²) in [6.07, 6.45) is 3.85. The molecule has 0 spiro atoms. The van der Waals surface area contributed by atoms with Crippen molar-refractivity contribution in [3.05, 3.63) is 48.9 Å². The van der Waals surface area contributed by atoms with Crippen molar-refractivity contribution >= 4 is 34.2 Å². The molecule has 5 heterocycles. The molecule has 13 heteroatoms. The number of carbonyl (C=O) groups is 1. The fourth-order valence-corrected chi connectivity index (χ4v) is 5.31. The van der Waals surface area contributed by atoms with Gasteiger partial charge in [-0.2, -0.15) is 14.6 Å². The van der Waals surface area contributed by atoms with Crippen LogP contribution in [-0.4, -0.2) is 86.7 Å². The van der Waals surface area contributed by atoms with Gasteiger partial charge in [0.15, 0.2) is 17.1 Å². The second kappa shape index (κ2) is 11.7. The molecule has 1 atom stereocenters. The summed E-state index contributed by atoms with van der Waals surface area (Å²) in [5.74, 6) is 2.16. The van der Waals surface area contributed by atoms with Gasteiger partial charge in [-0.25, -0.2) is 9.67 Å². The molecular formula is C29H35N9O4. The molecule has 220 valence electrons. The highest BCUT2D eigenvalue weighted by atomic mass is 16.5. The number of hydrogen-bond donors (Lipinski definition) is 1. The van der Waals surface area contributed by atoms with Gasteiger partial charge in [0, 0.05) is 39.0 Å². The number of amides is 1. The molecule has 4 aromatic heterocycles. The summed E-state index contributed by atoms with van der Waals surface area (Å²) >= 11 is 0. The Morgan fingerprint density at radius 1 is 1.05 bits per heavy atom. The second-order valence-corrected chi connectivity index (χ2v) is 10.7. The summed E-state index contributed by atoms with van der Waals surface area (Å²) in [6.45, 7) is 7.92. The molecule has 1 aliphatic rings. The average molecular weight is 574 g/mol. The number of hydrogen-bond acceptors (Lipinski definition) is 10. The Morgan fingerprint density at radius 2 is 1.83 bits per heavy atom. The summed E-state index contributed by atoms with van der Waals surface area (Å²) in [7, 11) is 1.65. The molecule has 0 unspecified atom stereocenters. The molecule has 0 aliphatic carbocycles. The van der Waals surface area contributed by atoms with E-state index < -0.39 is 6.04 Å². The molecular weight excluding hydrogens is 538 g/mol. The van der Waals surface area contributed by atoms with Crippen LogP contribution in [0.15, 0.2) is 53.3 Å². The van der Waals surface area contributed by atoms with E-state index in [-0.39, 0.29) is 17.8 Å². The predicted octanol–water partition coefficient (Wildman–Crippen LogP) is 3.28. The van der Waals surface area contributed by atoms with Gasteiger partial charge in [0.25, 0.3) is 0 Å². The van der Waals surface area contributed by atoms with Gasteiger partial charge in [-0.05, 0) is 48.7 Å². The van der Waals surface area contributed by atoms with Crippen LogP contribution in [0.1, 0.15) is 26.3 Å². The maximum atomic E-state index is 14.0. The fraction of sp³-hybridized carbons (Fsp3) is 0.414. The first-order valence-electron chi connectivity index (χ1n) is 14.1. The van der Waals surface area contributed by atoms with E-state index in [4.69, 9.17) is 19.6 Å². The van der Waals surface area contributed by atoms with Crippen LogP contribution in [0.5, 0.6) is 5.75 Å². The van der Waals surface area contributed by atoms with E-state index in [2.05, 4.69) is 51.0 Å². The van der Waals surface area contributed by atoms with Crippen molar-refractivity contribution in [2.45, 2.75) is 26.3 Å². The number of nitrogens with zero attached hydrogens (tertiary/aromatic N) is 8. The molecule has 1 fully saturated rings. The molecule has 0 radical (unpaired) electrons. The first kappa shape index (κ1) is 27.5. The topological polar surface area (TPSA) is 142 Å². The molecule has 5 aromatic rings. The number of anilines is 2. The summed E-state index contributed by atoms with van der Waals surface area (Å²) in [5.41, 5.74) is 8.42. The van der Waals surface area contributed by atoms with Crippen LogP contribution >= 0.6 is 0 Å². The third kappa shape index (κ3) is 5.34. The van der Waals surface area contributed by atoms with Crippen LogP contribution in [-0.2, 0) is 9.53 Å². The average Bonchev–Trinajstić information content (AvgIpc) is 3.76. The van der Waals surface area contributed by atoms with Crippen molar-refractivity contribution in [2.75, 3.05) is 57.1 Å². The maximum absolute atomic E-state index is 14.0. The number of methoxy groups -OCH3 is 1. The number of ether oxygens (including phenoxy) is 2. The number of benzene rings is 1. The van der Waals surface area contributed by atoms with Crippen LogP contribution in [0.4, 0.5) is 11.6 Å². The zero-order valence-electron chi connectivity index (χ0n) is 24.0. The van der Waals surface area contributed by atoms with E-state index in [1.807, 2.05) is 17.0 Å². The van der Waals surface area contributed by atoms with Crippen LogP contribution in [0.2, 0.25) is 0 Å². The van der Waals surface area contributed by atoms with Gasteiger partial charge in [-0.15, -0.1) is 5.10 Å². The van der Waals surface area contributed by atoms with Gasteiger partial charge < -0.3 is 29.4 Å². The molecule has 0 saturated carbocycles. The van der Waals surface area contributed by atoms with Gasteiger partial charge in [0.05, 0.1) is 24.5 Å². The number of fused-ring (bicyclic) bond motifs is 3. The number of nitrogen functional groups attached to an aromatic ring is 1. The number of nitrogens with two attached hydrogens (primary N) is 1. The van der Waals surface area contributed by atoms with Gasteiger partial charge in [-0.3, -0.25) is 4.79 Å². The van der Waals surface area contributed by atoms with E-state index in [1.165, 1.54) is 4.52 Å². The van der Waals surface area contributed by atoms with Crippen molar-refractivity contribution in [3.8, 4) is 17.3 Å². The molecule has 1 saturated heterocycles. The van der Waals surface area contributed by atoms with Crippen LogP contribution in [0, 0.1) is 5.92 Å². The van der Waals surface area contributed by atoms with E-state index in [1.54, 1.807) is 36.4 Å². The highest BCUT2D eigenvalue weighted by Crippen LogP contribution is 2.29. The quantitative estimate of drug-likeness (QED) is 0.247. The first-order valence-corrected chi connectivity index (χ1v) is 14.1. The molecule has 1 aliphatic heterocycles. The van der Waals surface area contributed by atoms with Gasteiger partial charge in [0.2, 0.25) is 17.7 Å². The molecule has 6 rings (SSSR count). The van der Waals surface area contributed by atoms with E-state index >= 15 is 0 Å². The first-order chi connectivity index (χ1) is 20.4. The Hall–Kier alpha value is -4.65. The third-order valence-corrected chi connectivity index (χ3v) is 7.42. The molecule has 1 amide bonds. The highest BCUT2D eigenvalue weighted by molar-refractivity contribution is 5.92. The Bertz CT molecular complexity index is 1650. The smallest absolute Gasteiger partial charge is 0.247 e. The lowest BCUT2D eigenvalue weighted by molar-refractivity contribution is -0.135. The summed E-state index contributed by atoms with van der Waals surface area (Å²) < 4.78 is 19.4. The number of carbonyl (C=O) groups excluding carboxylic acids is 1. The number of aromatic nitrogens is 6. The van der Waals surface area contributed by atoms with Crippen molar-refractivity contribution in [3.63, 3.8) is 0 Å². The fourth-order valence-electron chi connectivity index (χ4n) is 5.31. The minimum absolute atomic E-state index is 0.0215. The Labute approximate surface area is 242 Å². The number of rotatable bonds is 10. The van der Waals surface area contributed by atoms with Crippen LogP contribution < -0.4 is 15.4 Å². The van der Waals surface area contributed by atoms with Crippen molar-refractivity contribution < 1.29 is 18.7 Å². The minimum atomic E-state index is -0.528. The van der Waals surface area contributed by atoms with Crippen molar-refractivity contribution in [1.29, 1.82) is 0 Å². The molecule has 2 N–H and O–H groups in total. The Balaban J connectivity index is 1.21. The SMILES string of the molecule is COCCOc1ccc(N2CCN(C(=O)[C@H](CC(C)C)n3ncc4c3nc(N)n3nc(-c5ccco5)nc43)CC2)cc1. The van der Waals surface area contributed by atoms with E-state index in [0.717, 1.165) is 24.5 Å². The summed E-state index contributed by atoms with van der Waals surface area (Å²) in [6, 6.07) is 11.1.